The van der Waals surface area contributed by atoms with E-state index in [2.05, 4.69) is 5.32 Å². The van der Waals surface area contributed by atoms with Gasteiger partial charge in [0, 0.05) is 32.8 Å². The number of rotatable bonds is 6. The molecule has 1 aliphatic rings. The van der Waals surface area contributed by atoms with E-state index in [0.717, 1.165) is 0 Å². The third-order valence-corrected chi connectivity index (χ3v) is 2.91. The smallest absolute Gasteiger partial charge is 0.350 e. The molecule has 0 aromatic heterocycles. The van der Waals surface area contributed by atoms with E-state index < -0.39 is 17.7 Å². The Labute approximate surface area is 134 Å². The number of anilines is 1. The summed E-state index contributed by atoms with van der Waals surface area (Å²) in [5.74, 6) is -2.00. The summed E-state index contributed by atoms with van der Waals surface area (Å²) >= 11 is 0. The molecule has 0 saturated carbocycles. The van der Waals surface area contributed by atoms with E-state index in [1.807, 2.05) is 0 Å². The van der Waals surface area contributed by atoms with Crippen LogP contribution in [-0.2, 0) is 23.8 Å². The Morgan fingerprint density at radius 1 is 1.09 bits per heavy atom. The summed E-state index contributed by atoms with van der Waals surface area (Å²) in [6, 6.07) is 7.03. The van der Waals surface area contributed by atoms with Crippen molar-refractivity contribution >= 4 is 17.6 Å². The first-order valence-electron chi connectivity index (χ1n) is 7.06. The molecule has 1 aromatic carbocycles. The van der Waals surface area contributed by atoms with E-state index in [4.69, 9.17) is 18.9 Å². The predicted octanol–water partition coefficient (Wildman–Crippen LogP) is 1.84. The lowest BCUT2D eigenvalue weighted by molar-refractivity contribution is -0.222. The van der Waals surface area contributed by atoms with Crippen LogP contribution in [-0.4, -0.2) is 38.0 Å². The monoisotopic (exact) mass is 321 g/mol. The second-order valence-corrected chi connectivity index (χ2v) is 5.25. The van der Waals surface area contributed by atoms with Crippen molar-refractivity contribution < 1.29 is 28.5 Å². The average molecular weight is 321 g/mol. The van der Waals surface area contributed by atoms with Crippen molar-refractivity contribution in [3.8, 4) is 5.75 Å². The van der Waals surface area contributed by atoms with Crippen LogP contribution < -0.4 is 10.1 Å². The van der Waals surface area contributed by atoms with Crippen LogP contribution in [0.1, 0.15) is 13.8 Å². The molecular formula is C16H19NO6. The summed E-state index contributed by atoms with van der Waals surface area (Å²) in [7, 11) is 1.60. The molecule has 124 valence electrons. The van der Waals surface area contributed by atoms with E-state index in [1.165, 1.54) is 20.0 Å². The minimum absolute atomic E-state index is 0.190. The number of methoxy groups -OCH3 is 1. The van der Waals surface area contributed by atoms with Crippen LogP contribution in [0.5, 0.6) is 5.75 Å². The number of carbonyl (C=O) groups is 2. The Balaban J connectivity index is 1.97. The molecule has 0 radical (unpaired) electrons. The van der Waals surface area contributed by atoms with Gasteiger partial charge in [-0.1, -0.05) is 0 Å². The van der Waals surface area contributed by atoms with Gasteiger partial charge in [-0.05, 0) is 24.3 Å². The Kier molecular flexibility index (Phi) is 5.23. The van der Waals surface area contributed by atoms with Crippen LogP contribution in [0.3, 0.4) is 0 Å². The highest BCUT2D eigenvalue weighted by Gasteiger charge is 2.38. The van der Waals surface area contributed by atoms with E-state index in [0.29, 0.717) is 24.7 Å². The van der Waals surface area contributed by atoms with E-state index in [9.17, 15) is 9.59 Å². The highest BCUT2D eigenvalue weighted by Crippen LogP contribution is 2.23. The second kappa shape index (κ2) is 7.15. The summed E-state index contributed by atoms with van der Waals surface area (Å²) in [4.78, 5) is 23.6. The normalized spacial score (nSPS) is 16.4. The van der Waals surface area contributed by atoms with Crippen molar-refractivity contribution in [3.63, 3.8) is 0 Å². The first-order chi connectivity index (χ1) is 10.9. The van der Waals surface area contributed by atoms with Gasteiger partial charge < -0.3 is 24.3 Å². The van der Waals surface area contributed by atoms with Crippen molar-refractivity contribution in [2.24, 2.45) is 0 Å². The van der Waals surface area contributed by atoms with Gasteiger partial charge in [-0.25, -0.2) is 9.59 Å². The van der Waals surface area contributed by atoms with Crippen molar-refractivity contribution in [3.05, 3.63) is 36.0 Å². The third-order valence-electron chi connectivity index (χ3n) is 2.91. The summed E-state index contributed by atoms with van der Waals surface area (Å²) in [6.45, 7) is 3.96. The molecule has 0 bridgehead atoms. The van der Waals surface area contributed by atoms with Crippen LogP contribution in [0.15, 0.2) is 36.0 Å². The maximum absolute atomic E-state index is 11.8. The zero-order valence-electron chi connectivity index (χ0n) is 13.3. The van der Waals surface area contributed by atoms with Crippen molar-refractivity contribution in [2.45, 2.75) is 19.6 Å². The summed E-state index contributed by atoms with van der Waals surface area (Å²) in [5, 5.41) is 2.85. The lowest BCUT2D eigenvalue weighted by Gasteiger charge is -2.29. The van der Waals surface area contributed by atoms with Crippen LogP contribution in [0.2, 0.25) is 0 Å². The van der Waals surface area contributed by atoms with Gasteiger partial charge in [0.15, 0.2) is 5.57 Å². The molecule has 0 amide bonds. The first-order valence-corrected chi connectivity index (χ1v) is 7.06. The Hall–Kier alpha value is -2.54. The fourth-order valence-electron chi connectivity index (χ4n) is 1.82. The van der Waals surface area contributed by atoms with Crippen molar-refractivity contribution in [1.82, 2.24) is 0 Å². The zero-order valence-corrected chi connectivity index (χ0v) is 13.3. The summed E-state index contributed by atoms with van der Waals surface area (Å²) in [5.41, 5.74) is 0.492. The lowest BCUT2D eigenvalue weighted by atomic mass is 10.2. The molecule has 1 heterocycles. The number of cyclic esters (lactones) is 2. The van der Waals surface area contributed by atoms with Crippen LogP contribution in [0, 0.1) is 0 Å². The molecule has 0 aliphatic carbocycles. The average Bonchev–Trinajstić information content (AvgIpc) is 2.47. The number of hydrogen-bond donors (Lipinski definition) is 1. The number of carbonyl (C=O) groups excluding carboxylic acids is 2. The number of benzene rings is 1. The number of ether oxygens (including phenoxy) is 4. The highest BCUT2D eigenvalue weighted by molar-refractivity contribution is 6.15. The molecule has 7 nitrogen and oxygen atoms in total. The van der Waals surface area contributed by atoms with Gasteiger partial charge in [0.2, 0.25) is 0 Å². The quantitative estimate of drug-likeness (QED) is 0.370. The van der Waals surface area contributed by atoms with E-state index in [-0.39, 0.29) is 5.57 Å². The Morgan fingerprint density at radius 2 is 1.70 bits per heavy atom. The molecule has 0 atom stereocenters. The van der Waals surface area contributed by atoms with Gasteiger partial charge in [-0.15, -0.1) is 0 Å². The van der Waals surface area contributed by atoms with Gasteiger partial charge in [0.25, 0.3) is 5.79 Å². The fourth-order valence-corrected chi connectivity index (χ4v) is 1.82. The van der Waals surface area contributed by atoms with Gasteiger partial charge in [0.1, 0.15) is 12.4 Å². The topological polar surface area (TPSA) is 83.1 Å². The third kappa shape index (κ3) is 4.72. The van der Waals surface area contributed by atoms with Gasteiger partial charge in [-0.3, -0.25) is 0 Å². The van der Waals surface area contributed by atoms with Gasteiger partial charge in [-0.2, -0.15) is 0 Å². The SMILES string of the molecule is COCCOc1ccc(NC=C2C(=O)OC(C)(C)OC2=O)cc1. The van der Waals surface area contributed by atoms with Crippen LogP contribution >= 0.6 is 0 Å². The highest BCUT2D eigenvalue weighted by atomic mass is 16.7. The van der Waals surface area contributed by atoms with Crippen LogP contribution in [0.25, 0.3) is 0 Å². The van der Waals surface area contributed by atoms with Crippen molar-refractivity contribution in [1.29, 1.82) is 0 Å². The predicted molar refractivity (Wildman–Crippen MR) is 81.8 cm³/mol. The molecular weight excluding hydrogens is 302 g/mol. The second-order valence-electron chi connectivity index (χ2n) is 5.25. The summed E-state index contributed by atoms with van der Waals surface area (Å²) in [6.07, 6.45) is 1.26. The molecule has 1 fully saturated rings. The number of nitrogens with one attached hydrogen (secondary N) is 1. The maximum atomic E-state index is 11.8. The minimum atomic E-state index is -1.24. The molecule has 1 aliphatic heterocycles. The number of esters is 2. The molecule has 1 N–H and O–H groups in total. The standard InChI is InChI=1S/C16H19NO6/c1-16(2)22-14(18)13(15(19)23-16)10-17-11-4-6-12(7-5-11)21-9-8-20-3/h4-7,10,17H,8-9H2,1-3H3. The van der Waals surface area contributed by atoms with Crippen LogP contribution in [0.4, 0.5) is 5.69 Å². The molecule has 7 heteroatoms. The van der Waals surface area contributed by atoms with Gasteiger partial charge >= 0.3 is 11.9 Å². The molecule has 2 rings (SSSR count). The Morgan fingerprint density at radius 3 is 2.26 bits per heavy atom. The first kappa shape index (κ1) is 16.8. The lowest BCUT2D eigenvalue weighted by Crippen LogP contribution is -2.42. The Bertz CT molecular complexity index is 584. The molecule has 23 heavy (non-hydrogen) atoms. The van der Waals surface area contributed by atoms with Crippen molar-refractivity contribution in [2.75, 3.05) is 25.6 Å². The molecule has 1 aromatic rings. The van der Waals surface area contributed by atoms with E-state index >= 15 is 0 Å². The number of hydrogen-bond acceptors (Lipinski definition) is 7. The molecule has 1 saturated heterocycles. The minimum Gasteiger partial charge on any atom is -0.491 e. The fraction of sp³-hybridized carbons (Fsp3) is 0.375. The summed E-state index contributed by atoms with van der Waals surface area (Å²) < 4.78 is 20.3. The molecule has 0 spiro atoms. The molecule has 0 unspecified atom stereocenters. The zero-order chi connectivity index (χ0) is 16.9. The largest absolute Gasteiger partial charge is 0.491 e. The maximum Gasteiger partial charge on any atom is 0.350 e. The van der Waals surface area contributed by atoms with Gasteiger partial charge in [0.05, 0.1) is 6.61 Å². The van der Waals surface area contributed by atoms with E-state index in [1.54, 1.807) is 31.4 Å².